The van der Waals surface area contributed by atoms with Crippen molar-refractivity contribution >= 4 is 6.09 Å². The third-order valence-electron chi connectivity index (χ3n) is 4.20. The van der Waals surface area contributed by atoms with Crippen molar-refractivity contribution in [2.24, 2.45) is 5.92 Å². The largest absolute Gasteiger partial charge is 0.508 e. The predicted molar refractivity (Wildman–Crippen MR) is 90.4 cm³/mol. The van der Waals surface area contributed by atoms with Crippen LogP contribution in [0.3, 0.4) is 0 Å². The third-order valence-corrected chi connectivity index (χ3v) is 4.20. The molecule has 23 heavy (non-hydrogen) atoms. The van der Waals surface area contributed by atoms with E-state index in [0.717, 1.165) is 18.4 Å². The number of hydrogen-bond donors (Lipinski definition) is 2. The maximum absolute atomic E-state index is 12.1. The number of piperidine rings is 1. The molecule has 1 aromatic rings. The number of benzene rings is 1. The average molecular weight is 320 g/mol. The number of nitrogens with one attached hydrogen (secondary N) is 1. The lowest BCUT2D eigenvalue weighted by Gasteiger charge is -2.36. The number of amides is 1. The molecule has 1 aliphatic rings. The first-order chi connectivity index (χ1) is 10.8. The van der Waals surface area contributed by atoms with Crippen LogP contribution in [0.2, 0.25) is 0 Å². The molecule has 1 atom stereocenters. The molecule has 5 nitrogen and oxygen atoms in total. The normalized spacial score (nSPS) is 17.8. The van der Waals surface area contributed by atoms with E-state index < -0.39 is 5.60 Å². The summed E-state index contributed by atoms with van der Waals surface area (Å²) in [6.07, 6.45) is 1.61. The van der Waals surface area contributed by atoms with E-state index in [2.05, 4.69) is 5.32 Å². The molecule has 1 aliphatic heterocycles. The van der Waals surface area contributed by atoms with Gasteiger partial charge in [-0.1, -0.05) is 12.1 Å². The summed E-state index contributed by atoms with van der Waals surface area (Å²) in [5.74, 6) is 0.717. The summed E-state index contributed by atoms with van der Waals surface area (Å²) in [6.45, 7) is 7.07. The van der Waals surface area contributed by atoms with Gasteiger partial charge in [-0.05, 0) is 64.3 Å². The Kier molecular flexibility index (Phi) is 5.52. The Morgan fingerprint density at radius 3 is 2.52 bits per heavy atom. The number of phenols is 1. The van der Waals surface area contributed by atoms with Gasteiger partial charge in [0.05, 0.1) is 0 Å². The molecule has 0 saturated carbocycles. The van der Waals surface area contributed by atoms with Crippen molar-refractivity contribution < 1.29 is 14.6 Å². The molecule has 1 fully saturated rings. The zero-order chi connectivity index (χ0) is 17.0. The lowest BCUT2D eigenvalue weighted by Crippen LogP contribution is -2.43. The van der Waals surface area contributed by atoms with Crippen molar-refractivity contribution in [3.63, 3.8) is 0 Å². The van der Waals surface area contributed by atoms with Crippen LogP contribution in [0, 0.1) is 5.92 Å². The Bertz CT molecular complexity index is 531. The Hall–Kier alpha value is -1.75. The molecule has 2 rings (SSSR count). The summed E-state index contributed by atoms with van der Waals surface area (Å²) in [6, 6.07) is 7.57. The van der Waals surface area contributed by atoms with E-state index in [-0.39, 0.29) is 17.9 Å². The van der Waals surface area contributed by atoms with Crippen molar-refractivity contribution in [1.82, 2.24) is 10.2 Å². The average Bonchev–Trinajstić information content (AvgIpc) is 2.47. The second kappa shape index (κ2) is 7.21. The van der Waals surface area contributed by atoms with Crippen LogP contribution in [0.1, 0.15) is 45.2 Å². The number of likely N-dealkylation sites (tertiary alicyclic amines) is 1. The SMILES string of the molecule is CNC(c1cccc(O)c1)C1CCN(C(=O)OC(C)(C)C)CC1. The Morgan fingerprint density at radius 2 is 2.00 bits per heavy atom. The van der Waals surface area contributed by atoms with Crippen LogP contribution >= 0.6 is 0 Å². The van der Waals surface area contributed by atoms with Crippen LogP contribution < -0.4 is 5.32 Å². The minimum absolute atomic E-state index is 0.183. The molecule has 5 heteroatoms. The Balaban J connectivity index is 1.96. The number of hydrogen-bond acceptors (Lipinski definition) is 4. The van der Waals surface area contributed by atoms with E-state index in [4.69, 9.17) is 4.74 Å². The number of ether oxygens (including phenoxy) is 1. The maximum Gasteiger partial charge on any atom is 0.410 e. The van der Waals surface area contributed by atoms with Gasteiger partial charge >= 0.3 is 6.09 Å². The predicted octanol–water partition coefficient (Wildman–Crippen LogP) is 3.30. The first-order valence-corrected chi connectivity index (χ1v) is 8.24. The van der Waals surface area contributed by atoms with Crippen LogP contribution in [0.4, 0.5) is 4.79 Å². The minimum Gasteiger partial charge on any atom is -0.508 e. The fraction of sp³-hybridized carbons (Fsp3) is 0.611. The zero-order valence-electron chi connectivity index (χ0n) is 14.5. The fourth-order valence-electron chi connectivity index (χ4n) is 3.13. The van der Waals surface area contributed by atoms with Gasteiger partial charge in [0.25, 0.3) is 0 Å². The molecule has 2 N–H and O–H groups in total. The molecule has 1 amide bonds. The number of carbonyl (C=O) groups is 1. The van der Waals surface area contributed by atoms with Crippen molar-refractivity contribution in [1.29, 1.82) is 0 Å². The Labute approximate surface area is 138 Å². The molecular weight excluding hydrogens is 292 g/mol. The summed E-state index contributed by atoms with van der Waals surface area (Å²) in [5, 5.41) is 13.0. The molecule has 1 unspecified atom stereocenters. The second-order valence-corrected chi connectivity index (χ2v) is 7.17. The van der Waals surface area contributed by atoms with E-state index in [1.54, 1.807) is 17.0 Å². The molecule has 1 saturated heterocycles. The van der Waals surface area contributed by atoms with Gasteiger partial charge in [0.2, 0.25) is 0 Å². The number of aromatic hydroxyl groups is 1. The van der Waals surface area contributed by atoms with Crippen LogP contribution in [0.25, 0.3) is 0 Å². The van der Waals surface area contributed by atoms with Gasteiger partial charge in [0.15, 0.2) is 0 Å². The number of carbonyl (C=O) groups excluding carboxylic acids is 1. The topological polar surface area (TPSA) is 61.8 Å². The lowest BCUT2D eigenvalue weighted by molar-refractivity contribution is 0.0170. The summed E-state index contributed by atoms with van der Waals surface area (Å²) >= 11 is 0. The number of rotatable bonds is 3. The standard InChI is InChI=1S/C18H28N2O3/c1-18(2,3)23-17(22)20-10-8-13(9-11-20)16(19-4)14-6-5-7-15(21)12-14/h5-7,12-13,16,19,21H,8-11H2,1-4H3. The molecule has 128 valence electrons. The highest BCUT2D eigenvalue weighted by molar-refractivity contribution is 5.68. The minimum atomic E-state index is -0.455. The quantitative estimate of drug-likeness (QED) is 0.897. The van der Waals surface area contributed by atoms with Gasteiger partial charge in [0.1, 0.15) is 11.4 Å². The zero-order valence-corrected chi connectivity index (χ0v) is 14.5. The van der Waals surface area contributed by atoms with Crippen LogP contribution in [0.5, 0.6) is 5.75 Å². The molecule has 1 aromatic carbocycles. The van der Waals surface area contributed by atoms with Crippen LogP contribution in [-0.4, -0.2) is 41.8 Å². The van der Waals surface area contributed by atoms with Crippen molar-refractivity contribution in [3.05, 3.63) is 29.8 Å². The first kappa shape index (κ1) is 17.6. The van der Waals surface area contributed by atoms with Gasteiger partial charge in [0, 0.05) is 19.1 Å². The van der Waals surface area contributed by atoms with Gasteiger partial charge < -0.3 is 20.1 Å². The van der Waals surface area contributed by atoms with E-state index in [1.807, 2.05) is 40.0 Å². The molecular formula is C18H28N2O3. The number of phenolic OH excluding ortho intramolecular Hbond substituents is 1. The molecule has 0 spiro atoms. The van der Waals surface area contributed by atoms with Gasteiger partial charge in [-0.15, -0.1) is 0 Å². The van der Waals surface area contributed by atoms with E-state index in [1.165, 1.54) is 0 Å². The summed E-state index contributed by atoms with van der Waals surface area (Å²) in [7, 11) is 1.94. The van der Waals surface area contributed by atoms with Gasteiger partial charge in [-0.25, -0.2) is 4.79 Å². The molecule has 0 radical (unpaired) electrons. The van der Waals surface area contributed by atoms with Crippen molar-refractivity contribution in [2.75, 3.05) is 20.1 Å². The lowest BCUT2D eigenvalue weighted by atomic mass is 9.85. The van der Waals surface area contributed by atoms with Crippen LogP contribution in [-0.2, 0) is 4.74 Å². The van der Waals surface area contributed by atoms with E-state index in [9.17, 15) is 9.90 Å². The molecule has 0 aromatic heterocycles. The fourth-order valence-corrected chi connectivity index (χ4v) is 3.13. The smallest absolute Gasteiger partial charge is 0.410 e. The highest BCUT2D eigenvalue weighted by atomic mass is 16.6. The van der Waals surface area contributed by atoms with Crippen LogP contribution in [0.15, 0.2) is 24.3 Å². The summed E-state index contributed by atoms with van der Waals surface area (Å²) < 4.78 is 5.44. The van der Waals surface area contributed by atoms with Crippen molar-refractivity contribution in [2.45, 2.75) is 45.3 Å². The second-order valence-electron chi connectivity index (χ2n) is 7.17. The van der Waals surface area contributed by atoms with Gasteiger partial charge in [-0.2, -0.15) is 0 Å². The summed E-state index contributed by atoms with van der Waals surface area (Å²) in [5.41, 5.74) is 0.631. The molecule has 0 bridgehead atoms. The highest BCUT2D eigenvalue weighted by Gasteiger charge is 2.30. The third kappa shape index (κ3) is 4.86. The molecule has 1 heterocycles. The Morgan fingerprint density at radius 1 is 1.35 bits per heavy atom. The number of nitrogens with zero attached hydrogens (tertiary/aromatic N) is 1. The van der Waals surface area contributed by atoms with E-state index >= 15 is 0 Å². The highest BCUT2D eigenvalue weighted by Crippen LogP contribution is 2.32. The van der Waals surface area contributed by atoms with Gasteiger partial charge in [-0.3, -0.25) is 0 Å². The monoisotopic (exact) mass is 320 g/mol. The molecule has 0 aliphatic carbocycles. The first-order valence-electron chi connectivity index (χ1n) is 8.24. The maximum atomic E-state index is 12.1. The van der Waals surface area contributed by atoms with E-state index in [0.29, 0.717) is 19.0 Å². The van der Waals surface area contributed by atoms with Crippen molar-refractivity contribution in [3.8, 4) is 5.75 Å². The summed E-state index contributed by atoms with van der Waals surface area (Å²) in [4.78, 5) is 13.9.